The van der Waals surface area contributed by atoms with Gasteiger partial charge in [0.1, 0.15) is 0 Å². The maximum atomic E-state index is 5.90. The largest absolute Gasteiger partial charge is 0.493 e. The van der Waals surface area contributed by atoms with E-state index in [2.05, 4.69) is 40.3 Å². The van der Waals surface area contributed by atoms with Crippen molar-refractivity contribution in [3.05, 3.63) is 22.2 Å². The second-order valence-corrected chi connectivity index (χ2v) is 6.22. The molecule has 0 spiro atoms. The highest BCUT2D eigenvalue weighted by molar-refractivity contribution is 9.10. The van der Waals surface area contributed by atoms with Gasteiger partial charge in [0.2, 0.25) is 0 Å². The molecule has 112 valence electrons. The third-order valence-electron chi connectivity index (χ3n) is 3.51. The van der Waals surface area contributed by atoms with E-state index in [1.54, 1.807) is 7.11 Å². The number of hydrogen-bond acceptors (Lipinski definition) is 3. The Bertz CT molecular complexity index is 433. The Morgan fingerprint density at radius 2 is 2.15 bits per heavy atom. The first kappa shape index (κ1) is 15.6. The Morgan fingerprint density at radius 1 is 1.35 bits per heavy atom. The number of ether oxygens (including phenoxy) is 2. The summed E-state index contributed by atoms with van der Waals surface area (Å²) < 4.78 is 12.3. The van der Waals surface area contributed by atoms with Gasteiger partial charge in [-0.15, -0.1) is 0 Å². The van der Waals surface area contributed by atoms with Crippen LogP contribution in [0.5, 0.6) is 11.5 Å². The fourth-order valence-electron chi connectivity index (χ4n) is 2.16. The molecular weight excluding hydrogens is 318 g/mol. The van der Waals surface area contributed by atoms with E-state index in [1.807, 2.05) is 0 Å². The zero-order valence-corrected chi connectivity index (χ0v) is 14.0. The molecule has 1 saturated carbocycles. The lowest BCUT2D eigenvalue weighted by Gasteiger charge is -2.14. The molecule has 0 unspecified atom stereocenters. The first-order valence-corrected chi connectivity index (χ1v) is 8.23. The van der Waals surface area contributed by atoms with Crippen molar-refractivity contribution in [1.29, 1.82) is 0 Å². The quantitative estimate of drug-likeness (QED) is 0.685. The molecule has 1 aromatic carbocycles. The number of rotatable bonds is 9. The van der Waals surface area contributed by atoms with E-state index in [9.17, 15) is 0 Å². The van der Waals surface area contributed by atoms with E-state index in [-0.39, 0.29) is 0 Å². The average molecular weight is 342 g/mol. The van der Waals surface area contributed by atoms with Gasteiger partial charge in [-0.1, -0.05) is 19.8 Å². The molecule has 0 aromatic heterocycles. The van der Waals surface area contributed by atoms with Crippen LogP contribution in [0, 0.1) is 5.92 Å². The van der Waals surface area contributed by atoms with Crippen LogP contribution in [0.15, 0.2) is 16.6 Å². The van der Waals surface area contributed by atoms with E-state index in [1.165, 1.54) is 18.4 Å². The fourth-order valence-corrected chi connectivity index (χ4v) is 2.76. The van der Waals surface area contributed by atoms with E-state index in [4.69, 9.17) is 9.47 Å². The summed E-state index contributed by atoms with van der Waals surface area (Å²) in [5.74, 6) is 2.52. The number of benzene rings is 1. The van der Waals surface area contributed by atoms with Crippen LogP contribution >= 0.6 is 15.9 Å². The molecular formula is C16H24BrNO2. The van der Waals surface area contributed by atoms with Gasteiger partial charge in [-0.2, -0.15) is 0 Å². The molecule has 1 aliphatic carbocycles. The monoisotopic (exact) mass is 341 g/mol. The SMILES string of the molecule is CCCNCc1cc(Br)c(OCCC2CC2)c(OC)c1. The third kappa shape index (κ3) is 4.67. The van der Waals surface area contributed by atoms with Crippen LogP contribution in [0.2, 0.25) is 0 Å². The minimum absolute atomic E-state index is 0.771. The summed E-state index contributed by atoms with van der Waals surface area (Å²) >= 11 is 3.60. The summed E-state index contributed by atoms with van der Waals surface area (Å²) in [6.07, 6.45) is 5.02. The minimum Gasteiger partial charge on any atom is -0.493 e. The molecule has 1 N–H and O–H groups in total. The van der Waals surface area contributed by atoms with Gasteiger partial charge in [-0.3, -0.25) is 0 Å². The van der Waals surface area contributed by atoms with Crippen molar-refractivity contribution in [3.63, 3.8) is 0 Å². The van der Waals surface area contributed by atoms with E-state index < -0.39 is 0 Å². The van der Waals surface area contributed by atoms with Gasteiger partial charge in [0.05, 0.1) is 18.2 Å². The second-order valence-electron chi connectivity index (χ2n) is 5.37. The first-order valence-electron chi connectivity index (χ1n) is 7.44. The highest BCUT2D eigenvalue weighted by Gasteiger charge is 2.21. The van der Waals surface area contributed by atoms with Crippen molar-refractivity contribution < 1.29 is 9.47 Å². The maximum absolute atomic E-state index is 5.90. The van der Waals surface area contributed by atoms with Gasteiger partial charge in [0.15, 0.2) is 11.5 Å². The Kier molecular flexibility index (Phi) is 6.17. The van der Waals surface area contributed by atoms with Crippen molar-refractivity contribution in [2.24, 2.45) is 5.92 Å². The van der Waals surface area contributed by atoms with Crippen LogP contribution < -0.4 is 14.8 Å². The van der Waals surface area contributed by atoms with Gasteiger partial charge in [-0.05, 0) is 58.9 Å². The van der Waals surface area contributed by atoms with Crippen LogP contribution in [-0.4, -0.2) is 20.3 Å². The third-order valence-corrected chi connectivity index (χ3v) is 4.10. The van der Waals surface area contributed by atoms with Crippen LogP contribution in [-0.2, 0) is 6.54 Å². The number of nitrogens with one attached hydrogen (secondary N) is 1. The lowest BCUT2D eigenvalue weighted by atomic mass is 10.2. The van der Waals surface area contributed by atoms with Gasteiger partial charge in [-0.25, -0.2) is 0 Å². The second kappa shape index (κ2) is 7.89. The predicted molar refractivity (Wildman–Crippen MR) is 85.5 cm³/mol. The van der Waals surface area contributed by atoms with Crippen LogP contribution in [0.4, 0.5) is 0 Å². The Balaban J connectivity index is 1.98. The maximum Gasteiger partial charge on any atom is 0.175 e. The summed E-state index contributed by atoms with van der Waals surface area (Å²) in [5.41, 5.74) is 1.21. The van der Waals surface area contributed by atoms with Crippen LogP contribution in [0.3, 0.4) is 0 Å². The van der Waals surface area contributed by atoms with Crippen molar-refractivity contribution >= 4 is 15.9 Å². The molecule has 2 rings (SSSR count). The summed E-state index contributed by atoms with van der Waals surface area (Å²) in [4.78, 5) is 0. The molecule has 0 heterocycles. The summed E-state index contributed by atoms with van der Waals surface area (Å²) in [5, 5.41) is 3.40. The molecule has 0 saturated heterocycles. The van der Waals surface area contributed by atoms with Gasteiger partial charge < -0.3 is 14.8 Å². The summed E-state index contributed by atoms with van der Waals surface area (Å²) in [6, 6.07) is 4.16. The van der Waals surface area contributed by atoms with E-state index >= 15 is 0 Å². The zero-order chi connectivity index (χ0) is 14.4. The lowest BCUT2D eigenvalue weighted by Crippen LogP contribution is -2.14. The topological polar surface area (TPSA) is 30.5 Å². The molecule has 0 radical (unpaired) electrons. The van der Waals surface area contributed by atoms with Crippen molar-refractivity contribution in [2.75, 3.05) is 20.3 Å². The minimum atomic E-state index is 0.771. The first-order chi connectivity index (χ1) is 9.74. The average Bonchev–Trinajstić information content (AvgIpc) is 3.25. The van der Waals surface area contributed by atoms with E-state index in [0.29, 0.717) is 0 Å². The number of halogens is 1. The highest BCUT2D eigenvalue weighted by Crippen LogP contribution is 2.38. The Morgan fingerprint density at radius 3 is 2.80 bits per heavy atom. The summed E-state index contributed by atoms with van der Waals surface area (Å²) in [7, 11) is 1.69. The number of methoxy groups -OCH3 is 1. The number of hydrogen-bond donors (Lipinski definition) is 1. The molecule has 1 aromatic rings. The molecule has 0 aliphatic heterocycles. The molecule has 1 aliphatic rings. The fraction of sp³-hybridized carbons (Fsp3) is 0.625. The highest BCUT2D eigenvalue weighted by atomic mass is 79.9. The molecule has 0 atom stereocenters. The molecule has 4 heteroatoms. The standard InChI is InChI=1S/C16H24BrNO2/c1-3-7-18-11-13-9-14(17)16(15(10-13)19-2)20-8-6-12-4-5-12/h9-10,12,18H,3-8,11H2,1-2H3. The molecule has 1 fully saturated rings. The normalized spacial score (nSPS) is 14.3. The lowest BCUT2D eigenvalue weighted by molar-refractivity contribution is 0.281. The Hall–Kier alpha value is -0.740. The molecule has 0 bridgehead atoms. The van der Waals surface area contributed by atoms with Gasteiger partial charge in [0, 0.05) is 6.54 Å². The van der Waals surface area contributed by atoms with Crippen molar-refractivity contribution in [3.8, 4) is 11.5 Å². The predicted octanol–water partition coefficient (Wildman–Crippen LogP) is 4.14. The smallest absolute Gasteiger partial charge is 0.175 e. The zero-order valence-electron chi connectivity index (χ0n) is 12.4. The summed E-state index contributed by atoms with van der Waals surface area (Å²) in [6.45, 7) is 4.82. The van der Waals surface area contributed by atoms with Crippen molar-refractivity contribution in [1.82, 2.24) is 5.32 Å². The van der Waals surface area contributed by atoms with Crippen LogP contribution in [0.25, 0.3) is 0 Å². The van der Waals surface area contributed by atoms with Gasteiger partial charge >= 0.3 is 0 Å². The van der Waals surface area contributed by atoms with E-state index in [0.717, 1.165) is 54.4 Å². The molecule has 3 nitrogen and oxygen atoms in total. The van der Waals surface area contributed by atoms with Gasteiger partial charge in [0.25, 0.3) is 0 Å². The molecule has 20 heavy (non-hydrogen) atoms. The van der Waals surface area contributed by atoms with Crippen molar-refractivity contribution in [2.45, 2.75) is 39.2 Å². The Labute approximate surface area is 130 Å². The van der Waals surface area contributed by atoms with Crippen LogP contribution in [0.1, 0.15) is 38.2 Å². The molecule has 0 amide bonds.